The zero-order valence-corrected chi connectivity index (χ0v) is 23.5. The zero-order valence-electron chi connectivity index (χ0n) is 23.5. The number of hydrogen-bond donors (Lipinski definition) is 4. The van der Waals surface area contributed by atoms with Crippen molar-refractivity contribution in [1.82, 2.24) is 15.5 Å². The van der Waals surface area contributed by atoms with Crippen LogP contribution in [0.1, 0.15) is 61.0 Å². The van der Waals surface area contributed by atoms with Crippen LogP contribution in [-0.4, -0.2) is 70.6 Å². The summed E-state index contributed by atoms with van der Waals surface area (Å²) in [5, 5.41) is 24.3. The van der Waals surface area contributed by atoms with Crippen molar-refractivity contribution in [2.24, 2.45) is 11.3 Å². The summed E-state index contributed by atoms with van der Waals surface area (Å²) < 4.78 is 0. The molecule has 0 unspecified atom stereocenters. The predicted molar refractivity (Wildman–Crippen MR) is 143 cm³/mol. The van der Waals surface area contributed by atoms with Crippen molar-refractivity contribution in [3.63, 3.8) is 0 Å². The lowest BCUT2D eigenvalue weighted by Crippen LogP contribution is -2.62. The van der Waals surface area contributed by atoms with Crippen LogP contribution in [0.25, 0.3) is 0 Å². The van der Waals surface area contributed by atoms with Gasteiger partial charge in [-0.15, -0.1) is 0 Å². The molecule has 0 fully saturated rings. The minimum absolute atomic E-state index is 0.0819. The summed E-state index contributed by atoms with van der Waals surface area (Å²) in [6.07, 6.45) is 1.54. The van der Waals surface area contributed by atoms with E-state index in [0.29, 0.717) is 0 Å². The molecule has 0 bridgehead atoms. The van der Waals surface area contributed by atoms with Gasteiger partial charge in [0.2, 0.25) is 11.8 Å². The molecule has 4 N–H and O–H groups in total. The monoisotopic (exact) mass is 517 g/mol. The van der Waals surface area contributed by atoms with Crippen LogP contribution in [0.3, 0.4) is 0 Å². The van der Waals surface area contributed by atoms with E-state index in [0.717, 1.165) is 5.56 Å². The topological polar surface area (TPSA) is 136 Å². The van der Waals surface area contributed by atoms with Crippen molar-refractivity contribution in [1.29, 1.82) is 0 Å². The van der Waals surface area contributed by atoms with E-state index in [-0.39, 0.29) is 17.4 Å². The lowest BCUT2D eigenvalue weighted by atomic mass is 9.76. The SMILES string of the molecule is C/C(=C\[C@H](C(C)C)N(C)C(=O)[C@@H](NC(=O)[C@@H](NCC(=O)O)C(C)(C)c1ccccc1)C(C)(C)C)C(=O)O. The number of amides is 2. The largest absolute Gasteiger partial charge is 0.480 e. The van der Waals surface area contributed by atoms with E-state index in [4.69, 9.17) is 0 Å². The number of rotatable bonds is 12. The molecule has 0 aliphatic heterocycles. The molecule has 0 saturated heterocycles. The van der Waals surface area contributed by atoms with E-state index < -0.39 is 53.3 Å². The van der Waals surface area contributed by atoms with Gasteiger partial charge in [0.25, 0.3) is 0 Å². The Morgan fingerprint density at radius 1 is 0.973 bits per heavy atom. The van der Waals surface area contributed by atoms with E-state index in [1.807, 2.05) is 78.8 Å². The number of carboxylic acids is 2. The van der Waals surface area contributed by atoms with Gasteiger partial charge in [0.15, 0.2) is 0 Å². The molecule has 0 radical (unpaired) electrons. The molecule has 0 aliphatic carbocycles. The number of carbonyl (C=O) groups is 4. The summed E-state index contributed by atoms with van der Waals surface area (Å²) in [6.45, 7) is 14.0. The van der Waals surface area contributed by atoms with E-state index >= 15 is 0 Å². The van der Waals surface area contributed by atoms with Gasteiger partial charge in [0.05, 0.1) is 18.6 Å². The molecule has 3 atom stereocenters. The summed E-state index contributed by atoms with van der Waals surface area (Å²) in [5.74, 6) is -3.13. The first-order valence-electron chi connectivity index (χ1n) is 12.4. The summed E-state index contributed by atoms with van der Waals surface area (Å²) in [6, 6.07) is 6.87. The van der Waals surface area contributed by atoms with E-state index in [2.05, 4.69) is 10.6 Å². The molecule has 37 heavy (non-hydrogen) atoms. The summed E-state index contributed by atoms with van der Waals surface area (Å²) in [4.78, 5) is 51.7. The van der Waals surface area contributed by atoms with E-state index in [1.54, 1.807) is 13.1 Å². The second-order valence-electron chi connectivity index (χ2n) is 11.4. The van der Waals surface area contributed by atoms with Gasteiger partial charge in [-0.3, -0.25) is 19.7 Å². The smallest absolute Gasteiger partial charge is 0.331 e. The number of aliphatic carboxylic acids is 2. The number of nitrogens with one attached hydrogen (secondary N) is 2. The maximum Gasteiger partial charge on any atom is 0.331 e. The molecule has 206 valence electrons. The first-order valence-corrected chi connectivity index (χ1v) is 12.4. The number of nitrogens with zero attached hydrogens (tertiary/aromatic N) is 1. The Hall–Kier alpha value is -3.20. The molecule has 1 aromatic rings. The van der Waals surface area contributed by atoms with Gasteiger partial charge in [-0.25, -0.2) is 4.79 Å². The van der Waals surface area contributed by atoms with E-state index in [1.165, 1.54) is 11.8 Å². The summed E-state index contributed by atoms with van der Waals surface area (Å²) >= 11 is 0. The van der Waals surface area contributed by atoms with Crippen LogP contribution in [0.4, 0.5) is 0 Å². The fourth-order valence-corrected chi connectivity index (χ4v) is 4.20. The molecule has 0 heterocycles. The van der Waals surface area contributed by atoms with Gasteiger partial charge >= 0.3 is 11.9 Å². The lowest BCUT2D eigenvalue weighted by molar-refractivity contribution is -0.141. The van der Waals surface area contributed by atoms with Crippen LogP contribution >= 0.6 is 0 Å². The van der Waals surface area contributed by atoms with Gasteiger partial charge in [-0.05, 0) is 23.8 Å². The van der Waals surface area contributed by atoms with Gasteiger partial charge in [0.1, 0.15) is 6.04 Å². The molecule has 0 aliphatic rings. The number of carboxylic acid groups (broad SMARTS) is 2. The minimum atomic E-state index is -1.11. The highest BCUT2D eigenvalue weighted by Crippen LogP contribution is 2.29. The molecule has 0 aromatic heterocycles. The quantitative estimate of drug-likeness (QED) is 0.313. The van der Waals surface area contributed by atoms with Gasteiger partial charge in [-0.1, -0.05) is 84.9 Å². The van der Waals surface area contributed by atoms with Crippen molar-refractivity contribution in [3.8, 4) is 0 Å². The lowest BCUT2D eigenvalue weighted by Gasteiger charge is -2.40. The van der Waals surface area contributed by atoms with Crippen LogP contribution in [0.15, 0.2) is 42.0 Å². The van der Waals surface area contributed by atoms with Gasteiger partial charge < -0.3 is 20.4 Å². The molecular formula is C28H43N3O6. The highest BCUT2D eigenvalue weighted by molar-refractivity contribution is 5.92. The van der Waals surface area contributed by atoms with Crippen LogP contribution in [0, 0.1) is 11.3 Å². The summed E-state index contributed by atoms with van der Waals surface area (Å²) in [5.41, 5.74) is -0.544. The maximum absolute atomic E-state index is 13.8. The van der Waals surface area contributed by atoms with E-state index in [9.17, 15) is 29.4 Å². The van der Waals surface area contributed by atoms with Crippen LogP contribution in [0.2, 0.25) is 0 Å². The molecule has 1 rings (SSSR count). The third-order valence-corrected chi connectivity index (χ3v) is 6.59. The normalized spacial score (nSPS) is 15.0. The number of benzene rings is 1. The Balaban J connectivity index is 3.40. The van der Waals surface area contributed by atoms with Crippen molar-refractivity contribution >= 4 is 23.8 Å². The van der Waals surface area contributed by atoms with Crippen LogP contribution < -0.4 is 10.6 Å². The molecule has 2 amide bonds. The molecule has 1 aromatic carbocycles. The fourth-order valence-electron chi connectivity index (χ4n) is 4.20. The van der Waals surface area contributed by atoms with Crippen molar-refractivity contribution in [3.05, 3.63) is 47.5 Å². The number of hydrogen-bond acceptors (Lipinski definition) is 5. The first-order chi connectivity index (χ1) is 16.9. The summed E-state index contributed by atoms with van der Waals surface area (Å²) in [7, 11) is 1.59. The third-order valence-electron chi connectivity index (χ3n) is 6.59. The highest BCUT2D eigenvalue weighted by Gasteiger charge is 2.42. The molecular weight excluding hydrogens is 474 g/mol. The number of likely N-dealkylation sites (N-methyl/N-ethyl adjacent to an activating group) is 1. The van der Waals surface area contributed by atoms with Crippen molar-refractivity contribution in [2.45, 2.75) is 78.9 Å². The molecule has 9 nitrogen and oxygen atoms in total. The Morgan fingerprint density at radius 2 is 1.51 bits per heavy atom. The van der Waals surface area contributed by atoms with Crippen LogP contribution in [-0.2, 0) is 24.6 Å². The molecule has 0 spiro atoms. The molecule has 0 saturated carbocycles. The zero-order chi connectivity index (χ0) is 28.7. The maximum atomic E-state index is 13.8. The van der Waals surface area contributed by atoms with Crippen molar-refractivity contribution in [2.75, 3.05) is 13.6 Å². The third kappa shape index (κ3) is 8.70. The average Bonchev–Trinajstić information content (AvgIpc) is 2.79. The fraction of sp³-hybridized carbons (Fsp3) is 0.571. The standard InChI is InChI=1S/C28H43N3O6/c1-17(2)20(15-18(3)26(36)37)31(9)25(35)23(27(4,5)6)30-24(34)22(29-16-21(32)33)28(7,8)19-13-11-10-12-14-19/h10-15,17,20,22-23,29H,16H2,1-9H3,(H,30,34)(H,32,33)(H,36,37)/b18-15+/t20-,22-,23-/m1/s1. The van der Waals surface area contributed by atoms with Gasteiger partial charge in [-0.2, -0.15) is 0 Å². The van der Waals surface area contributed by atoms with Gasteiger partial charge in [0, 0.05) is 18.0 Å². The minimum Gasteiger partial charge on any atom is -0.480 e. The second kappa shape index (κ2) is 12.9. The Bertz CT molecular complexity index is 995. The predicted octanol–water partition coefficient (Wildman–Crippen LogP) is 3.05. The Kier molecular flexibility index (Phi) is 11.1. The number of carbonyl (C=O) groups excluding carboxylic acids is 2. The first kappa shape index (κ1) is 31.8. The highest BCUT2D eigenvalue weighted by atomic mass is 16.4. The molecule has 9 heteroatoms. The van der Waals surface area contributed by atoms with Crippen LogP contribution in [0.5, 0.6) is 0 Å². The Morgan fingerprint density at radius 3 is 1.95 bits per heavy atom. The second-order valence-corrected chi connectivity index (χ2v) is 11.4. The Labute approximate surface area is 220 Å². The average molecular weight is 518 g/mol. The van der Waals surface area contributed by atoms with Crippen molar-refractivity contribution < 1.29 is 29.4 Å².